The summed E-state index contributed by atoms with van der Waals surface area (Å²) in [5, 5.41) is 0.793. The van der Waals surface area contributed by atoms with Crippen molar-refractivity contribution < 1.29 is 14.0 Å². The zero-order chi connectivity index (χ0) is 17.1. The molecule has 0 radical (unpaired) electrons. The van der Waals surface area contributed by atoms with Gasteiger partial charge < -0.3 is 9.80 Å². The van der Waals surface area contributed by atoms with Crippen LogP contribution in [0.2, 0.25) is 0 Å². The number of thiazole rings is 1. The van der Waals surface area contributed by atoms with E-state index in [1.807, 2.05) is 6.92 Å². The van der Waals surface area contributed by atoms with Gasteiger partial charge in [0.15, 0.2) is 0 Å². The highest BCUT2D eigenvalue weighted by Crippen LogP contribution is 2.28. The first kappa shape index (κ1) is 16.6. The van der Waals surface area contributed by atoms with E-state index in [9.17, 15) is 14.0 Å². The van der Waals surface area contributed by atoms with Gasteiger partial charge in [0, 0.05) is 36.6 Å². The molecule has 1 fully saturated rings. The fourth-order valence-corrected chi connectivity index (χ4v) is 3.69. The lowest BCUT2D eigenvalue weighted by molar-refractivity contribution is -0.134. The van der Waals surface area contributed by atoms with Gasteiger partial charge in [-0.05, 0) is 31.2 Å². The van der Waals surface area contributed by atoms with Crippen molar-refractivity contribution in [2.75, 3.05) is 26.2 Å². The first-order chi connectivity index (χ1) is 11.6. The third-order valence-electron chi connectivity index (χ3n) is 4.11. The van der Waals surface area contributed by atoms with E-state index >= 15 is 0 Å². The van der Waals surface area contributed by atoms with Crippen LogP contribution in [0.5, 0.6) is 0 Å². The first-order valence-corrected chi connectivity index (χ1v) is 8.58. The molecule has 1 aromatic carbocycles. The van der Waals surface area contributed by atoms with Crippen molar-refractivity contribution in [2.24, 2.45) is 0 Å². The molecule has 1 aromatic heterocycles. The van der Waals surface area contributed by atoms with Crippen molar-refractivity contribution in [1.82, 2.24) is 14.8 Å². The van der Waals surface area contributed by atoms with Crippen LogP contribution in [-0.4, -0.2) is 53.3 Å². The molecular weight excluding hydrogens is 329 g/mol. The molecule has 1 aliphatic rings. The number of hydrogen-bond donors (Lipinski definition) is 0. The molecule has 1 saturated heterocycles. The Morgan fingerprint density at radius 2 is 1.92 bits per heavy atom. The second-order valence-corrected chi connectivity index (χ2v) is 6.82. The molecule has 2 amide bonds. The van der Waals surface area contributed by atoms with Gasteiger partial charge in [-0.25, -0.2) is 9.37 Å². The lowest BCUT2D eigenvalue weighted by atomic mass is 10.2. The smallest absolute Gasteiger partial charge is 0.228 e. The quantitative estimate of drug-likeness (QED) is 0.796. The summed E-state index contributed by atoms with van der Waals surface area (Å²) in [5.41, 5.74) is 1.68. The van der Waals surface area contributed by atoms with Gasteiger partial charge in [-0.3, -0.25) is 9.59 Å². The number of benzene rings is 1. The number of amides is 2. The predicted molar refractivity (Wildman–Crippen MR) is 90.2 cm³/mol. The minimum Gasteiger partial charge on any atom is -0.342 e. The zero-order valence-electron chi connectivity index (χ0n) is 13.4. The van der Waals surface area contributed by atoms with Crippen molar-refractivity contribution in [3.05, 3.63) is 40.7 Å². The molecule has 1 aliphatic heterocycles. The van der Waals surface area contributed by atoms with E-state index < -0.39 is 0 Å². The normalized spacial score (nSPS) is 14.8. The number of carbonyl (C=O) groups excluding carboxylic acids is 2. The van der Waals surface area contributed by atoms with Crippen molar-refractivity contribution >= 4 is 23.7 Å². The van der Waals surface area contributed by atoms with Gasteiger partial charge in [0.1, 0.15) is 10.8 Å². The molecule has 2 aromatic rings. The van der Waals surface area contributed by atoms with Crippen LogP contribution in [0.15, 0.2) is 24.3 Å². The Kier molecular flexibility index (Phi) is 4.89. The molecule has 5 nitrogen and oxygen atoms in total. The second-order valence-electron chi connectivity index (χ2n) is 5.73. The first-order valence-electron chi connectivity index (χ1n) is 7.76. The molecule has 0 saturated carbocycles. The molecule has 126 valence electrons. The maximum Gasteiger partial charge on any atom is 0.228 e. The molecule has 0 atom stereocenters. The van der Waals surface area contributed by atoms with Crippen LogP contribution in [-0.2, 0) is 16.0 Å². The highest BCUT2D eigenvalue weighted by Gasteiger charge is 2.22. The third kappa shape index (κ3) is 3.62. The molecule has 7 heteroatoms. The molecule has 0 aliphatic carbocycles. The lowest BCUT2D eigenvalue weighted by Crippen LogP contribution is -2.48. The van der Waals surface area contributed by atoms with Crippen LogP contribution in [0, 0.1) is 12.7 Å². The van der Waals surface area contributed by atoms with E-state index in [-0.39, 0.29) is 11.7 Å². The molecule has 3 rings (SSSR count). The standard InChI is InChI=1S/C17H18FN3O2S/c1-12-15(10-16(23)21-8-6-20(11-22)7-9-21)24-17(19-12)13-2-4-14(18)5-3-13/h2-5,11H,6-10H2,1H3. The maximum atomic E-state index is 13.0. The van der Waals surface area contributed by atoms with Crippen LogP contribution in [0.4, 0.5) is 4.39 Å². The number of rotatable bonds is 4. The van der Waals surface area contributed by atoms with Gasteiger partial charge >= 0.3 is 0 Å². The summed E-state index contributed by atoms with van der Waals surface area (Å²) in [5.74, 6) is -0.227. The van der Waals surface area contributed by atoms with E-state index in [1.54, 1.807) is 21.9 Å². The van der Waals surface area contributed by atoms with Gasteiger partial charge in [0.25, 0.3) is 0 Å². The Morgan fingerprint density at radius 3 is 2.54 bits per heavy atom. The topological polar surface area (TPSA) is 53.5 Å². The molecular formula is C17H18FN3O2S. The Balaban J connectivity index is 1.68. The third-order valence-corrected chi connectivity index (χ3v) is 5.32. The monoisotopic (exact) mass is 347 g/mol. The van der Waals surface area contributed by atoms with E-state index in [0.29, 0.717) is 32.6 Å². The van der Waals surface area contributed by atoms with Gasteiger partial charge in [-0.2, -0.15) is 0 Å². The summed E-state index contributed by atoms with van der Waals surface area (Å²) in [6.07, 6.45) is 1.13. The molecule has 2 heterocycles. The van der Waals surface area contributed by atoms with Crippen LogP contribution >= 0.6 is 11.3 Å². The van der Waals surface area contributed by atoms with Crippen molar-refractivity contribution in [1.29, 1.82) is 0 Å². The minimum absolute atomic E-state index is 0.0537. The van der Waals surface area contributed by atoms with E-state index in [4.69, 9.17) is 0 Å². The number of nitrogens with zero attached hydrogens (tertiary/aromatic N) is 3. The average Bonchev–Trinajstić information content (AvgIpc) is 2.96. The Morgan fingerprint density at radius 1 is 1.25 bits per heavy atom. The Hall–Kier alpha value is -2.28. The zero-order valence-corrected chi connectivity index (χ0v) is 14.2. The number of hydrogen-bond acceptors (Lipinski definition) is 4. The molecule has 0 bridgehead atoms. The minimum atomic E-state index is -0.281. The van der Waals surface area contributed by atoms with Crippen LogP contribution in [0.25, 0.3) is 10.6 Å². The van der Waals surface area contributed by atoms with E-state index in [1.165, 1.54) is 23.5 Å². The SMILES string of the molecule is Cc1nc(-c2ccc(F)cc2)sc1CC(=O)N1CCN(C=O)CC1. The van der Waals surface area contributed by atoms with Gasteiger partial charge in [-0.1, -0.05) is 0 Å². The van der Waals surface area contributed by atoms with Gasteiger partial charge in [0.05, 0.1) is 12.1 Å². The highest BCUT2D eigenvalue weighted by molar-refractivity contribution is 7.15. The molecule has 24 heavy (non-hydrogen) atoms. The van der Waals surface area contributed by atoms with Gasteiger partial charge in [-0.15, -0.1) is 11.3 Å². The van der Waals surface area contributed by atoms with Crippen molar-refractivity contribution in [3.63, 3.8) is 0 Å². The Bertz CT molecular complexity index is 737. The Labute approximate surface area is 143 Å². The number of halogens is 1. The van der Waals surface area contributed by atoms with E-state index in [0.717, 1.165) is 27.6 Å². The summed E-state index contributed by atoms with van der Waals surface area (Å²) in [4.78, 5) is 32.1. The summed E-state index contributed by atoms with van der Waals surface area (Å²) >= 11 is 1.47. The van der Waals surface area contributed by atoms with Gasteiger partial charge in [0.2, 0.25) is 12.3 Å². The number of carbonyl (C=O) groups is 2. The fraction of sp³-hybridized carbons (Fsp3) is 0.353. The molecule has 0 unspecified atom stereocenters. The fourth-order valence-electron chi connectivity index (χ4n) is 2.63. The number of aromatic nitrogens is 1. The van der Waals surface area contributed by atoms with Crippen molar-refractivity contribution in [2.45, 2.75) is 13.3 Å². The summed E-state index contributed by atoms with van der Waals surface area (Å²) in [6.45, 7) is 4.19. The van der Waals surface area contributed by atoms with Crippen LogP contribution < -0.4 is 0 Å². The summed E-state index contributed by atoms with van der Waals surface area (Å²) < 4.78 is 13.0. The van der Waals surface area contributed by atoms with E-state index in [2.05, 4.69) is 4.98 Å². The average molecular weight is 347 g/mol. The lowest BCUT2D eigenvalue weighted by Gasteiger charge is -2.32. The number of piperazine rings is 1. The largest absolute Gasteiger partial charge is 0.342 e. The van der Waals surface area contributed by atoms with Crippen molar-refractivity contribution in [3.8, 4) is 10.6 Å². The molecule has 0 N–H and O–H groups in total. The summed E-state index contributed by atoms with van der Waals surface area (Å²) in [7, 11) is 0. The summed E-state index contributed by atoms with van der Waals surface area (Å²) in [6, 6.07) is 6.20. The maximum absolute atomic E-state index is 13.0. The highest BCUT2D eigenvalue weighted by atomic mass is 32.1. The van der Waals surface area contributed by atoms with Crippen LogP contribution in [0.3, 0.4) is 0 Å². The second kappa shape index (κ2) is 7.09. The predicted octanol–water partition coefficient (Wildman–Crippen LogP) is 2.10. The van der Waals surface area contributed by atoms with Crippen LogP contribution in [0.1, 0.15) is 10.6 Å². The molecule has 0 spiro atoms. The number of aryl methyl sites for hydroxylation is 1.